The Morgan fingerprint density at radius 3 is 2.32 bits per heavy atom. The van der Waals surface area contributed by atoms with Crippen molar-refractivity contribution in [3.05, 3.63) is 75.6 Å². The lowest BCUT2D eigenvalue weighted by Gasteiger charge is -2.18. The van der Waals surface area contributed by atoms with E-state index in [0.717, 1.165) is 28.7 Å². The number of aromatic nitrogens is 2. The summed E-state index contributed by atoms with van der Waals surface area (Å²) in [6.45, 7) is 6.34. The molecule has 178 valence electrons. The van der Waals surface area contributed by atoms with Gasteiger partial charge in [0.2, 0.25) is 15.9 Å². The monoisotopic (exact) mass is 480 g/mol. The summed E-state index contributed by atoms with van der Waals surface area (Å²) in [6.07, 6.45) is 1.71. The van der Waals surface area contributed by atoms with E-state index in [-0.39, 0.29) is 17.3 Å². The van der Waals surface area contributed by atoms with Gasteiger partial charge in [-0.25, -0.2) is 13.1 Å². The van der Waals surface area contributed by atoms with Crippen molar-refractivity contribution in [2.24, 2.45) is 0 Å². The molecule has 3 aromatic rings. The van der Waals surface area contributed by atoms with Crippen LogP contribution in [0.3, 0.4) is 0 Å². The average Bonchev–Trinajstić information content (AvgIpc) is 3.34. The molecule has 1 saturated heterocycles. The molecule has 1 aliphatic rings. The SMILES string of the molecule is Cc1ccc(-c2ccc(=O)n(CC(=O)Nc3c(C)cccc3C)n2)cc1S(=O)(=O)N1CCCC1. The fourth-order valence-corrected chi connectivity index (χ4v) is 5.92. The zero-order chi connectivity index (χ0) is 24.5. The molecule has 8 nitrogen and oxygen atoms in total. The predicted molar refractivity (Wildman–Crippen MR) is 131 cm³/mol. The number of sulfonamides is 1. The van der Waals surface area contributed by atoms with Gasteiger partial charge in [0, 0.05) is 30.4 Å². The zero-order valence-electron chi connectivity index (χ0n) is 19.5. The molecular formula is C25H28N4O4S. The fourth-order valence-electron chi connectivity index (χ4n) is 4.15. The molecule has 4 rings (SSSR count). The van der Waals surface area contributed by atoms with Crippen molar-refractivity contribution in [3.63, 3.8) is 0 Å². The van der Waals surface area contributed by atoms with Crippen LogP contribution in [0.15, 0.2) is 58.2 Å². The van der Waals surface area contributed by atoms with Crippen molar-refractivity contribution in [2.45, 2.75) is 45.1 Å². The minimum Gasteiger partial charge on any atom is -0.324 e. The maximum atomic E-state index is 13.1. The van der Waals surface area contributed by atoms with Gasteiger partial charge in [-0.2, -0.15) is 9.40 Å². The number of para-hydroxylation sites is 1. The molecule has 0 bridgehead atoms. The first-order chi connectivity index (χ1) is 16.2. The highest BCUT2D eigenvalue weighted by molar-refractivity contribution is 7.89. The third-order valence-corrected chi connectivity index (χ3v) is 8.11. The van der Waals surface area contributed by atoms with Gasteiger partial charge in [0.1, 0.15) is 6.54 Å². The fraction of sp³-hybridized carbons (Fsp3) is 0.320. The highest BCUT2D eigenvalue weighted by Crippen LogP contribution is 2.28. The third kappa shape index (κ3) is 4.80. The molecule has 1 amide bonds. The van der Waals surface area contributed by atoms with E-state index in [9.17, 15) is 18.0 Å². The molecule has 1 aliphatic heterocycles. The summed E-state index contributed by atoms with van der Waals surface area (Å²) in [4.78, 5) is 25.3. The molecule has 0 spiro atoms. The lowest BCUT2D eigenvalue weighted by atomic mass is 10.1. The standard InChI is InChI=1S/C25H28N4O4S/c1-17-9-10-20(15-22(17)34(32,33)28-13-4-5-14-28)21-11-12-24(31)29(27-21)16-23(30)26-25-18(2)7-6-8-19(25)3/h6-12,15H,4-5,13-14,16H2,1-3H3,(H,26,30). The van der Waals surface area contributed by atoms with Crippen LogP contribution in [0.4, 0.5) is 5.69 Å². The number of amides is 1. The molecule has 0 radical (unpaired) electrons. The van der Waals surface area contributed by atoms with E-state index in [0.29, 0.717) is 35.6 Å². The van der Waals surface area contributed by atoms with Crippen molar-refractivity contribution in [1.82, 2.24) is 14.1 Å². The van der Waals surface area contributed by atoms with Crippen LogP contribution >= 0.6 is 0 Å². The molecule has 0 atom stereocenters. The van der Waals surface area contributed by atoms with Crippen molar-refractivity contribution in [2.75, 3.05) is 18.4 Å². The molecule has 2 heterocycles. The van der Waals surface area contributed by atoms with E-state index in [1.165, 1.54) is 10.4 Å². The topological polar surface area (TPSA) is 101 Å². The Morgan fingerprint density at radius 2 is 1.65 bits per heavy atom. The summed E-state index contributed by atoms with van der Waals surface area (Å²) < 4.78 is 28.9. The number of nitrogens with zero attached hydrogens (tertiary/aromatic N) is 3. The first-order valence-electron chi connectivity index (χ1n) is 11.2. The molecule has 2 aromatic carbocycles. The van der Waals surface area contributed by atoms with Gasteiger partial charge in [-0.15, -0.1) is 0 Å². The minimum atomic E-state index is -3.61. The number of benzene rings is 2. The normalized spacial score (nSPS) is 14.3. The summed E-state index contributed by atoms with van der Waals surface area (Å²) in [5, 5.41) is 7.21. The molecule has 34 heavy (non-hydrogen) atoms. The maximum absolute atomic E-state index is 13.1. The van der Waals surface area contributed by atoms with Crippen LogP contribution in [0.2, 0.25) is 0 Å². The van der Waals surface area contributed by atoms with E-state index in [1.807, 2.05) is 32.0 Å². The highest BCUT2D eigenvalue weighted by Gasteiger charge is 2.28. The number of hydrogen-bond donors (Lipinski definition) is 1. The molecule has 9 heteroatoms. The second-order valence-corrected chi connectivity index (χ2v) is 10.5. The number of nitrogens with one attached hydrogen (secondary N) is 1. The van der Waals surface area contributed by atoms with Gasteiger partial charge in [0.25, 0.3) is 5.56 Å². The molecule has 1 aromatic heterocycles. The van der Waals surface area contributed by atoms with Crippen molar-refractivity contribution in [3.8, 4) is 11.3 Å². The van der Waals surface area contributed by atoms with Gasteiger partial charge in [0.15, 0.2) is 0 Å². The van der Waals surface area contributed by atoms with Gasteiger partial charge >= 0.3 is 0 Å². The third-order valence-electron chi connectivity index (χ3n) is 6.07. The predicted octanol–water partition coefficient (Wildman–Crippen LogP) is 3.26. The van der Waals surface area contributed by atoms with Crippen molar-refractivity contribution < 1.29 is 13.2 Å². The summed E-state index contributed by atoms with van der Waals surface area (Å²) in [7, 11) is -3.61. The van der Waals surface area contributed by atoms with Crippen LogP contribution in [0.1, 0.15) is 29.5 Å². The molecule has 1 fully saturated rings. The Bertz CT molecular complexity index is 1390. The van der Waals surface area contributed by atoms with Gasteiger partial charge < -0.3 is 5.32 Å². The summed E-state index contributed by atoms with van der Waals surface area (Å²) in [5.41, 5.74) is 3.77. The molecule has 0 saturated carbocycles. The number of anilines is 1. The lowest BCUT2D eigenvalue weighted by Crippen LogP contribution is -2.30. The van der Waals surface area contributed by atoms with Crippen LogP contribution in [-0.2, 0) is 21.4 Å². The quantitative estimate of drug-likeness (QED) is 0.584. The minimum absolute atomic E-state index is 0.235. The maximum Gasteiger partial charge on any atom is 0.267 e. The first kappa shape index (κ1) is 23.8. The van der Waals surface area contributed by atoms with E-state index in [4.69, 9.17) is 0 Å². The zero-order valence-corrected chi connectivity index (χ0v) is 20.4. The Balaban J connectivity index is 1.62. The van der Waals surface area contributed by atoms with Crippen LogP contribution in [0, 0.1) is 20.8 Å². The average molecular weight is 481 g/mol. The summed E-state index contributed by atoms with van der Waals surface area (Å²) >= 11 is 0. The number of carbonyl (C=O) groups is 1. The van der Waals surface area contributed by atoms with Crippen LogP contribution in [-0.4, -0.2) is 41.5 Å². The molecule has 1 N–H and O–H groups in total. The molecule has 0 unspecified atom stereocenters. The molecule has 0 aliphatic carbocycles. The Kier molecular flexibility index (Phi) is 6.67. The number of carbonyl (C=O) groups excluding carboxylic acids is 1. The van der Waals surface area contributed by atoms with Crippen LogP contribution in [0.5, 0.6) is 0 Å². The van der Waals surface area contributed by atoms with E-state index < -0.39 is 15.6 Å². The van der Waals surface area contributed by atoms with Crippen molar-refractivity contribution >= 4 is 21.6 Å². The van der Waals surface area contributed by atoms with Gasteiger partial charge in [-0.3, -0.25) is 9.59 Å². The second kappa shape index (κ2) is 9.52. The molecular weight excluding hydrogens is 452 g/mol. The number of rotatable bonds is 6. The van der Waals surface area contributed by atoms with Gasteiger partial charge in [-0.05, 0) is 62.4 Å². The highest BCUT2D eigenvalue weighted by atomic mass is 32.2. The van der Waals surface area contributed by atoms with E-state index in [1.54, 1.807) is 31.2 Å². The Labute approximate surface area is 199 Å². The van der Waals surface area contributed by atoms with Gasteiger partial charge in [-0.1, -0.05) is 30.3 Å². The van der Waals surface area contributed by atoms with Crippen LogP contribution < -0.4 is 10.9 Å². The second-order valence-electron chi connectivity index (χ2n) is 8.62. The Morgan fingerprint density at radius 1 is 0.971 bits per heavy atom. The largest absolute Gasteiger partial charge is 0.324 e. The first-order valence-corrected chi connectivity index (χ1v) is 12.7. The smallest absolute Gasteiger partial charge is 0.267 e. The number of hydrogen-bond acceptors (Lipinski definition) is 5. The van der Waals surface area contributed by atoms with E-state index in [2.05, 4.69) is 10.4 Å². The van der Waals surface area contributed by atoms with E-state index >= 15 is 0 Å². The van der Waals surface area contributed by atoms with Gasteiger partial charge in [0.05, 0.1) is 10.6 Å². The lowest BCUT2D eigenvalue weighted by molar-refractivity contribution is -0.117. The number of aryl methyl sites for hydroxylation is 3. The summed E-state index contributed by atoms with van der Waals surface area (Å²) in [6, 6.07) is 13.7. The summed E-state index contributed by atoms with van der Waals surface area (Å²) in [5.74, 6) is -0.370. The van der Waals surface area contributed by atoms with Crippen LogP contribution in [0.25, 0.3) is 11.3 Å². The van der Waals surface area contributed by atoms with Crippen molar-refractivity contribution in [1.29, 1.82) is 0 Å². The Hall–Kier alpha value is -3.30.